The molecule has 0 aliphatic carbocycles. The van der Waals surface area contributed by atoms with Crippen LogP contribution in [0.1, 0.15) is 6.92 Å². The average Bonchev–Trinajstić information content (AvgIpc) is 2.71. The highest BCUT2D eigenvalue weighted by atomic mass is 31.2. The first-order chi connectivity index (χ1) is 9.76. The van der Waals surface area contributed by atoms with Crippen LogP contribution in [0.3, 0.4) is 0 Å². The van der Waals surface area contributed by atoms with Gasteiger partial charge in [0.05, 0.1) is 12.9 Å². The Morgan fingerprint density at radius 2 is 2.29 bits per heavy atom. The Morgan fingerprint density at radius 1 is 1.57 bits per heavy atom. The van der Waals surface area contributed by atoms with E-state index in [1.54, 1.807) is 4.57 Å². The number of hydrogen-bond donors (Lipinski definition) is 4. The molecule has 2 heterocycles. The van der Waals surface area contributed by atoms with Crippen LogP contribution in [-0.4, -0.2) is 42.3 Å². The molecule has 1 atom stereocenters. The predicted octanol–water partition coefficient (Wildman–Crippen LogP) is -0.510. The van der Waals surface area contributed by atoms with Gasteiger partial charge in [0, 0.05) is 6.54 Å². The molecule has 11 heteroatoms. The number of nitrogen functional groups attached to an aromatic ring is 1. The lowest BCUT2D eigenvalue weighted by molar-refractivity contribution is 0.121. The van der Waals surface area contributed by atoms with E-state index in [1.165, 1.54) is 6.33 Å². The van der Waals surface area contributed by atoms with Crippen LogP contribution in [0.25, 0.3) is 11.2 Å². The van der Waals surface area contributed by atoms with E-state index in [0.717, 1.165) is 0 Å². The molecule has 0 bridgehead atoms. The third-order valence-corrected chi connectivity index (χ3v) is 3.18. The van der Waals surface area contributed by atoms with Crippen molar-refractivity contribution in [3.63, 3.8) is 0 Å². The molecule has 0 aliphatic rings. The zero-order valence-electron chi connectivity index (χ0n) is 11.3. The molecule has 21 heavy (non-hydrogen) atoms. The van der Waals surface area contributed by atoms with E-state index in [2.05, 4.69) is 15.0 Å². The van der Waals surface area contributed by atoms with Crippen LogP contribution in [0, 0.1) is 5.92 Å². The summed E-state index contributed by atoms with van der Waals surface area (Å²) in [6, 6.07) is 0. The van der Waals surface area contributed by atoms with Gasteiger partial charge < -0.3 is 24.8 Å². The standard InChI is InChI=1S/C10H16N5O5P/c1-6(3-20-5-21(17,18)19)2-15-4-12-7-8(15)13-10(11)14-9(7)16/h4,6H,2-3,5H2,1H3,(H2,17,18,19)(H3,11,13,14,16)/t6-/m1/s1. The minimum absolute atomic E-state index is 0.000322. The van der Waals surface area contributed by atoms with Crippen molar-refractivity contribution < 1.29 is 19.1 Å². The maximum Gasteiger partial charge on any atom is 0.350 e. The summed E-state index contributed by atoms with van der Waals surface area (Å²) in [6.45, 7) is 2.42. The molecular weight excluding hydrogens is 301 g/mol. The number of aromatic amines is 1. The second kappa shape index (κ2) is 5.94. The average molecular weight is 317 g/mol. The van der Waals surface area contributed by atoms with Crippen molar-refractivity contribution >= 4 is 24.7 Å². The second-order valence-electron chi connectivity index (χ2n) is 4.79. The summed E-state index contributed by atoms with van der Waals surface area (Å²) in [4.78, 5) is 39.4. The summed E-state index contributed by atoms with van der Waals surface area (Å²) < 4.78 is 17.3. The smallest absolute Gasteiger partial charge is 0.350 e. The first-order valence-corrected chi connectivity index (χ1v) is 7.89. The molecule has 0 radical (unpaired) electrons. The topological polar surface area (TPSA) is 156 Å². The molecule has 0 spiro atoms. The normalized spacial score (nSPS) is 13.7. The first-order valence-electron chi connectivity index (χ1n) is 6.09. The van der Waals surface area contributed by atoms with Gasteiger partial charge in [0.1, 0.15) is 6.35 Å². The van der Waals surface area contributed by atoms with E-state index in [0.29, 0.717) is 12.2 Å². The van der Waals surface area contributed by atoms with E-state index in [4.69, 9.17) is 20.3 Å². The SMILES string of the molecule is C[C@@H](COCP(=O)(O)O)Cn1cnc2c(=O)[nH]c(N)nc21. The van der Waals surface area contributed by atoms with Crippen molar-refractivity contribution in [2.75, 3.05) is 18.7 Å². The number of aromatic nitrogens is 4. The van der Waals surface area contributed by atoms with Gasteiger partial charge in [0.15, 0.2) is 11.2 Å². The van der Waals surface area contributed by atoms with Crippen molar-refractivity contribution in [3.05, 3.63) is 16.7 Å². The summed E-state index contributed by atoms with van der Waals surface area (Å²) in [5.74, 6) is -0.0593. The van der Waals surface area contributed by atoms with Crippen LogP contribution >= 0.6 is 7.60 Å². The molecule has 10 nitrogen and oxygen atoms in total. The Kier molecular flexibility index (Phi) is 4.43. The maximum atomic E-state index is 11.6. The molecule has 2 rings (SSSR count). The van der Waals surface area contributed by atoms with Gasteiger partial charge in [0.2, 0.25) is 5.95 Å². The summed E-state index contributed by atoms with van der Waals surface area (Å²) in [6.07, 6.45) is 0.846. The lowest BCUT2D eigenvalue weighted by Crippen LogP contribution is -2.16. The van der Waals surface area contributed by atoms with Crippen LogP contribution in [0.2, 0.25) is 0 Å². The van der Waals surface area contributed by atoms with Crippen molar-refractivity contribution in [2.24, 2.45) is 5.92 Å². The van der Waals surface area contributed by atoms with Crippen molar-refractivity contribution in [2.45, 2.75) is 13.5 Å². The van der Waals surface area contributed by atoms with Gasteiger partial charge in [-0.3, -0.25) is 14.3 Å². The number of nitrogens with two attached hydrogens (primary N) is 1. The number of hydrogen-bond acceptors (Lipinski definition) is 6. The molecule has 0 unspecified atom stereocenters. The molecule has 5 N–H and O–H groups in total. The molecular formula is C10H16N5O5P. The Balaban J connectivity index is 2.06. The molecule has 116 valence electrons. The Bertz CT molecular complexity index is 735. The Hall–Kier alpha value is -1.74. The Labute approximate surface area is 119 Å². The molecule has 2 aromatic rings. The zero-order valence-corrected chi connectivity index (χ0v) is 12.2. The van der Waals surface area contributed by atoms with Gasteiger partial charge in [-0.15, -0.1) is 0 Å². The van der Waals surface area contributed by atoms with Gasteiger partial charge in [-0.1, -0.05) is 6.92 Å². The number of ether oxygens (including phenoxy) is 1. The highest BCUT2D eigenvalue weighted by molar-refractivity contribution is 7.51. The van der Waals surface area contributed by atoms with Crippen molar-refractivity contribution in [3.8, 4) is 0 Å². The van der Waals surface area contributed by atoms with Crippen LogP contribution in [-0.2, 0) is 15.8 Å². The number of anilines is 1. The number of H-pyrrole nitrogens is 1. The number of imidazole rings is 1. The number of nitrogens with zero attached hydrogens (tertiary/aromatic N) is 3. The van der Waals surface area contributed by atoms with Crippen molar-refractivity contribution in [1.82, 2.24) is 19.5 Å². The van der Waals surface area contributed by atoms with E-state index in [9.17, 15) is 9.36 Å². The van der Waals surface area contributed by atoms with E-state index in [-0.39, 0.29) is 24.0 Å². The molecule has 0 amide bonds. The molecule has 0 saturated carbocycles. The van der Waals surface area contributed by atoms with Crippen LogP contribution in [0.4, 0.5) is 5.95 Å². The van der Waals surface area contributed by atoms with Crippen LogP contribution in [0.5, 0.6) is 0 Å². The van der Waals surface area contributed by atoms with Crippen LogP contribution < -0.4 is 11.3 Å². The lowest BCUT2D eigenvalue weighted by Gasteiger charge is -2.13. The quantitative estimate of drug-likeness (QED) is 0.519. The zero-order chi connectivity index (χ0) is 15.6. The number of fused-ring (bicyclic) bond motifs is 1. The molecule has 0 fully saturated rings. The Morgan fingerprint density at radius 3 is 2.95 bits per heavy atom. The monoisotopic (exact) mass is 317 g/mol. The maximum absolute atomic E-state index is 11.6. The summed E-state index contributed by atoms with van der Waals surface area (Å²) in [5, 5.41) is 0. The molecule has 2 aromatic heterocycles. The second-order valence-corrected chi connectivity index (χ2v) is 6.38. The lowest BCUT2D eigenvalue weighted by atomic mass is 10.2. The van der Waals surface area contributed by atoms with Gasteiger partial charge in [0.25, 0.3) is 5.56 Å². The number of rotatable bonds is 6. The molecule has 0 saturated heterocycles. The van der Waals surface area contributed by atoms with E-state index in [1.807, 2.05) is 6.92 Å². The molecule has 0 aliphatic heterocycles. The van der Waals surface area contributed by atoms with Crippen LogP contribution in [0.15, 0.2) is 11.1 Å². The highest BCUT2D eigenvalue weighted by Crippen LogP contribution is 2.33. The summed E-state index contributed by atoms with van der Waals surface area (Å²) in [5.41, 5.74) is 5.62. The fourth-order valence-electron chi connectivity index (χ4n) is 1.87. The van der Waals surface area contributed by atoms with Gasteiger partial charge >= 0.3 is 7.60 Å². The number of nitrogens with one attached hydrogen (secondary N) is 1. The largest absolute Gasteiger partial charge is 0.369 e. The third-order valence-electron chi connectivity index (χ3n) is 2.66. The fourth-order valence-corrected chi connectivity index (χ4v) is 2.21. The van der Waals surface area contributed by atoms with Gasteiger partial charge in [-0.2, -0.15) is 4.98 Å². The minimum atomic E-state index is -4.16. The third kappa shape index (κ3) is 4.11. The van der Waals surface area contributed by atoms with E-state index >= 15 is 0 Å². The summed E-state index contributed by atoms with van der Waals surface area (Å²) >= 11 is 0. The predicted molar refractivity (Wildman–Crippen MR) is 74.6 cm³/mol. The molecule has 0 aromatic carbocycles. The highest BCUT2D eigenvalue weighted by Gasteiger charge is 2.15. The van der Waals surface area contributed by atoms with Crippen molar-refractivity contribution in [1.29, 1.82) is 0 Å². The van der Waals surface area contributed by atoms with Gasteiger partial charge in [-0.05, 0) is 5.92 Å². The summed E-state index contributed by atoms with van der Waals surface area (Å²) in [7, 11) is -4.16. The van der Waals surface area contributed by atoms with E-state index < -0.39 is 19.5 Å². The minimum Gasteiger partial charge on any atom is -0.369 e. The first kappa shape index (κ1) is 15.6. The van der Waals surface area contributed by atoms with Gasteiger partial charge in [-0.25, -0.2) is 4.98 Å². The fraction of sp³-hybridized carbons (Fsp3) is 0.500.